The predicted molar refractivity (Wildman–Crippen MR) is 541 cm³/mol. The van der Waals surface area contributed by atoms with Gasteiger partial charge in [0.1, 0.15) is 90.1 Å². The van der Waals surface area contributed by atoms with Gasteiger partial charge in [-0.05, 0) is 120 Å². The molecule has 3 saturated heterocycles. The van der Waals surface area contributed by atoms with E-state index in [1.807, 2.05) is 50.2 Å². The van der Waals surface area contributed by atoms with E-state index in [1.54, 1.807) is 57.2 Å². The number of para-hydroxylation sites is 2. The molecule has 0 aliphatic carbocycles. The van der Waals surface area contributed by atoms with Crippen LogP contribution in [0.25, 0.3) is 0 Å². The normalized spacial score (nSPS) is 22.0. The van der Waals surface area contributed by atoms with Crippen LogP contribution in [0.3, 0.4) is 0 Å². The average molecular weight is 2120 g/mol. The fourth-order valence-corrected chi connectivity index (χ4v) is 16.1. The summed E-state index contributed by atoms with van der Waals surface area (Å²) in [5, 5.41) is 134. The van der Waals surface area contributed by atoms with E-state index in [0.717, 1.165) is 17.9 Å². The van der Waals surface area contributed by atoms with Crippen LogP contribution in [0, 0.1) is 0 Å². The van der Waals surface area contributed by atoms with Gasteiger partial charge in [0.2, 0.25) is 29.5 Å². The molecule has 21 N–H and O–H groups in total. The maximum atomic E-state index is 13.3. The lowest BCUT2D eigenvalue weighted by atomic mass is 9.97. The van der Waals surface area contributed by atoms with Crippen molar-refractivity contribution < 1.29 is 174 Å². The predicted octanol–water partition coefficient (Wildman–Crippen LogP) is 2.97. The summed E-state index contributed by atoms with van der Waals surface area (Å²) in [6, 6.07) is 15.1. The SMILES string of the molecule is C=CP(=O)(NC)Oc1ccccc1.CC.CC(=O)NC1C(OCCCOCCCOCCCOCC(COCCCOCCCOCCCOC2OC(CO)C(O)C(O)C2NC(C)=O)(COCCCOCCCOCCCOC2OC(CO)C(O)C(O)C2NC(C)=O)NC(=O)CCCS)OC(CO)C(O)C1O.CCC.CCC.CNC(=O)CCCSCCP(=O)(NC)Oc1ccccc1.NC(CO)(CO)CO. The highest BCUT2D eigenvalue weighted by Crippen LogP contribution is 2.44. The number of carbonyl (C=O) groups excluding carboxylic acids is 5. The lowest BCUT2D eigenvalue weighted by Gasteiger charge is -2.42. The molecule has 3 fully saturated rings. The molecule has 3 aliphatic heterocycles. The minimum absolute atomic E-state index is 0.0592. The Hall–Kier alpha value is -4.91. The van der Waals surface area contributed by atoms with E-state index < -0.39 is 175 Å². The van der Waals surface area contributed by atoms with Crippen molar-refractivity contribution in [1.29, 1.82) is 0 Å². The summed E-state index contributed by atoms with van der Waals surface area (Å²) in [5.41, 5.74) is 2.89. The van der Waals surface area contributed by atoms with Gasteiger partial charge in [0.25, 0.3) is 0 Å². The van der Waals surface area contributed by atoms with Gasteiger partial charge in [-0.2, -0.15) is 24.4 Å². The molecule has 2 aromatic rings. The van der Waals surface area contributed by atoms with Crippen molar-refractivity contribution >= 4 is 69.0 Å². The first-order chi connectivity index (χ1) is 68.2. The Labute approximate surface area is 850 Å². The maximum absolute atomic E-state index is 13.3. The minimum atomic E-state index is -2.89. The van der Waals surface area contributed by atoms with Crippen LogP contribution < -0.4 is 51.5 Å². The lowest BCUT2D eigenvalue weighted by Crippen LogP contribution is -2.64. The number of benzene rings is 2. The molecule has 0 bridgehead atoms. The van der Waals surface area contributed by atoms with E-state index in [4.69, 9.17) is 101 Å². The molecule has 2 aromatic carbocycles. The number of aliphatic hydroxyl groups is 12. The second-order valence-electron chi connectivity index (χ2n) is 32.7. The summed E-state index contributed by atoms with van der Waals surface area (Å²) in [6.07, 6.45) is -4.73. The first-order valence-electron chi connectivity index (χ1n) is 49.0. The van der Waals surface area contributed by atoms with E-state index >= 15 is 0 Å². The second kappa shape index (κ2) is 89.0. The van der Waals surface area contributed by atoms with Crippen molar-refractivity contribution in [2.45, 2.75) is 262 Å². The molecule has 0 spiro atoms. The van der Waals surface area contributed by atoms with Crippen molar-refractivity contribution in [3.63, 3.8) is 0 Å². The molecule has 48 heteroatoms. The number of hydrogen-bond donors (Lipinski definition) is 21. The summed E-state index contributed by atoms with van der Waals surface area (Å²) < 4.78 is 122. The van der Waals surface area contributed by atoms with E-state index in [0.29, 0.717) is 193 Å². The second-order valence-corrected chi connectivity index (χ2v) is 38.9. The summed E-state index contributed by atoms with van der Waals surface area (Å²) >= 11 is 5.98. The number of aliphatic hydroxyl groups excluding tert-OH is 12. The maximum Gasteiger partial charge on any atom is 0.339 e. The molecule has 17 unspecified atom stereocenters. The van der Waals surface area contributed by atoms with Crippen LogP contribution in [-0.2, 0) is 104 Å². The average Bonchev–Trinajstić information content (AvgIpc) is 0.812. The Morgan fingerprint density at radius 2 is 0.732 bits per heavy atom. The van der Waals surface area contributed by atoms with Crippen LogP contribution in [0.4, 0.5) is 0 Å². The van der Waals surface area contributed by atoms with Gasteiger partial charge in [0.15, 0.2) is 18.9 Å². The van der Waals surface area contributed by atoms with Crippen molar-refractivity contribution in [2.24, 2.45) is 5.73 Å². The van der Waals surface area contributed by atoms with Crippen LogP contribution in [0.2, 0.25) is 0 Å². The van der Waals surface area contributed by atoms with Gasteiger partial charge in [-0.15, -0.1) is 0 Å². The van der Waals surface area contributed by atoms with Gasteiger partial charge < -0.3 is 174 Å². The van der Waals surface area contributed by atoms with Crippen LogP contribution >= 0.6 is 39.4 Å². The number of thioether (sulfide) groups is 1. The standard InChI is InChI=1S/C59H110N4O28S.C14H23N2O3PS.C9H12NO2P.C4H11NO3.2C3H8.C2H6/c1-40(67)60-47-53(74)50(71)43(34-64)89-56(47)86-30-11-24-80-18-5-15-77-21-8-27-83-37-59(63-46(70)14-4-33-92,38-84-28-9-22-78-16-6-19-81-25-12-31-87-57-48(61-41(2)68)54(75)51(72)44(35-65)90-57)39-85-29-10-23-79-17-7-20-82-26-13-32-88-58-49(62-42(3)69)55(76)52(73)45(36-66)91-58;1-15-14(17)9-6-11-21-12-10-20(18,16-2)19-13-7-4-3-5-8-13;1-3-13(11,10-2)12-9-7-5-4-6-8-9;5-4(1-6,2-7)3-8;2*1-3-2;1-2/h43-45,47-58,64-66,71-76,92H,4-39H2,1-3H3,(H,60,67)(H,61,68)(H,62,69)(H,63,70);3-5,7-8H,6,9-12H2,1-2H3,(H,15,17)(H,16,18);3-8H,1H2,2H3,(H,10,11);6-8H,1-3,5H2;2*3H2,1-2H3;1-2H3. The molecule has 44 nitrogen and oxygen atoms in total. The van der Waals surface area contributed by atoms with Gasteiger partial charge in [0.05, 0.1) is 91.0 Å². The topological polar surface area (TPSA) is 629 Å². The van der Waals surface area contributed by atoms with Gasteiger partial charge in [-0.1, -0.05) is 97.4 Å². The number of thiol groups is 1. The number of ether oxygens (including phenoxy) is 15. The molecule has 0 aromatic heterocycles. The van der Waals surface area contributed by atoms with Crippen LogP contribution in [-0.4, -0.2) is 417 Å². The Morgan fingerprint density at radius 3 is 0.993 bits per heavy atom. The third-order valence-electron chi connectivity index (χ3n) is 19.8. The molecule has 5 rings (SSSR count). The molecule has 142 heavy (non-hydrogen) atoms. The number of carbonyl (C=O) groups is 5. The zero-order valence-corrected chi connectivity index (χ0v) is 89.2. The number of nitrogens with one attached hydrogen (secondary N) is 7. The molecule has 17 atom stereocenters. The summed E-state index contributed by atoms with van der Waals surface area (Å²) in [5.74, 6) is 3.14. The summed E-state index contributed by atoms with van der Waals surface area (Å²) in [6.45, 7) is 23.5. The third-order valence-corrected chi connectivity index (χ3v) is 25.1. The highest BCUT2D eigenvalue weighted by Gasteiger charge is 2.48. The molecule has 3 heterocycles. The number of hydrogen-bond acceptors (Lipinski definition) is 39. The fourth-order valence-electron chi connectivity index (χ4n) is 12.3. The molecular weight excluding hydrogens is 1940 g/mol. The van der Waals surface area contributed by atoms with Crippen molar-refractivity contribution in [1.82, 2.24) is 36.8 Å². The number of nitrogens with two attached hydrogens (primary N) is 1. The summed E-state index contributed by atoms with van der Waals surface area (Å²) in [4.78, 5) is 59.4. The Kier molecular flexibility index (Phi) is 87.2. The Morgan fingerprint density at radius 1 is 0.437 bits per heavy atom. The Balaban J connectivity index is 0. The van der Waals surface area contributed by atoms with Crippen molar-refractivity contribution in [3.05, 3.63) is 73.1 Å². The molecule has 5 amide bonds. The highest BCUT2D eigenvalue weighted by molar-refractivity contribution is 7.99. The van der Waals surface area contributed by atoms with E-state index in [9.17, 15) is 79.1 Å². The van der Waals surface area contributed by atoms with Crippen LogP contribution in [0.15, 0.2) is 73.1 Å². The zero-order chi connectivity index (χ0) is 107. The van der Waals surface area contributed by atoms with Crippen LogP contribution in [0.5, 0.6) is 11.5 Å². The van der Waals surface area contributed by atoms with Gasteiger partial charge in [0, 0.05) is 151 Å². The Bertz CT molecular complexity index is 3280. The summed E-state index contributed by atoms with van der Waals surface area (Å²) in [7, 11) is -0.869. The van der Waals surface area contributed by atoms with Crippen LogP contribution in [0.1, 0.15) is 159 Å². The monoisotopic (exact) mass is 2120 g/mol. The van der Waals surface area contributed by atoms with Gasteiger partial charge in [-0.25, -0.2) is 10.2 Å². The smallest absolute Gasteiger partial charge is 0.339 e. The molecule has 832 valence electrons. The largest absolute Gasteiger partial charge is 0.433 e. The van der Waals surface area contributed by atoms with Crippen molar-refractivity contribution in [3.8, 4) is 11.5 Å². The minimum Gasteiger partial charge on any atom is -0.433 e. The number of rotatable bonds is 72. The first kappa shape index (κ1) is 139. The molecule has 3 aliphatic rings. The highest BCUT2D eigenvalue weighted by atomic mass is 32.2. The first-order valence-corrected chi connectivity index (χ1v) is 54.3. The molecule has 0 saturated carbocycles. The lowest BCUT2D eigenvalue weighted by molar-refractivity contribution is -0.270. The number of amides is 5. The van der Waals surface area contributed by atoms with Crippen molar-refractivity contribution in [2.75, 3.05) is 223 Å². The fraction of sp³-hybridized carbons (Fsp3) is 0.798. The van der Waals surface area contributed by atoms with E-state index in [2.05, 4.69) is 83.7 Å². The van der Waals surface area contributed by atoms with E-state index in [-0.39, 0.29) is 57.9 Å². The molecular formula is C94H178N8O36P2S2. The third kappa shape index (κ3) is 65.8. The van der Waals surface area contributed by atoms with E-state index in [1.165, 1.54) is 39.4 Å². The molecule has 0 radical (unpaired) electrons. The van der Waals surface area contributed by atoms with Gasteiger partial charge >= 0.3 is 15.0 Å². The zero-order valence-electron chi connectivity index (χ0n) is 85.7. The van der Waals surface area contributed by atoms with Gasteiger partial charge in [-0.3, -0.25) is 33.1 Å². The quantitative estimate of drug-likeness (QED) is 0.0257.